The van der Waals surface area contributed by atoms with E-state index in [0.717, 1.165) is 21.5 Å². The number of carbonyl (C=O) groups excluding carboxylic acids is 1. The standard InChI is InChI=1S/C24H23N3O2S/c1-15-10-11-18(13-16(15)2)19-14-30-23-21(19)24(29)27(12-6-9-20(25)28)22(26-23)17-7-4-3-5-8-17/h3-5,7-8,10-11,13-14H,6,9,12H2,1-2H3,(H2,25,28). The van der Waals surface area contributed by atoms with Gasteiger partial charge in [-0.2, -0.15) is 0 Å². The van der Waals surface area contributed by atoms with Gasteiger partial charge in [-0.15, -0.1) is 11.3 Å². The van der Waals surface area contributed by atoms with E-state index >= 15 is 0 Å². The smallest absolute Gasteiger partial charge is 0.263 e. The molecule has 6 heteroatoms. The first-order valence-corrected chi connectivity index (χ1v) is 10.8. The number of benzene rings is 2. The minimum Gasteiger partial charge on any atom is -0.370 e. The molecule has 0 aliphatic rings. The van der Waals surface area contributed by atoms with Crippen LogP contribution in [-0.4, -0.2) is 15.5 Å². The van der Waals surface area contributed by atoms with Gasteiger partial charge in [0, 0.05) is 29.5 Å². The summed E-state index contributed by atoms with van der Waals surface area (Å²) in [6.45, 7) is 4.53. The zero-order valence-electron chi connectivity index (χ0n) is 17.0. The summed E-state index contributed by atoms with van der Waals surface area (Å²) in [7, 11) is 0. The molecule has 0 bridgehead atoms. The Morgan fingerprint density at radius 2 is 1.83 bits per heavy atom. The van der Waals surface area contributed by atoms with Crippen LogP contribution < -0.4 is 11.3 Å². The van der Waals surface area contributed by atoms with Crippen LogP contribution in [0.3, 0.4) is 0 Å². The van der Waals surface area contributed by atoms with Gasteiger partial charge in [0.2, 0.25) is 5.91 Å². The highest BCUT2D eigenvalue weighted by molar-refractivity contribution is 7.17. The first kappa shape index (κ1) is 20.0. The topological polar surface area (TPSA) is 78.0 Å². The average molecular weight is 418 g/mol. The van der Waals surface area contributed by atoms with Crippen LogP contribution in [0.4, 0.5) is 0 Å². The molecule has 0 spiro atoms. The quantitative estimate of drug-likeness (QED) is 0.495. The van der Waals surface area contributed by atoms with Crippen molar-refractivity contribution in [2.75, 3.05) is 0 Å². The van der Waals surface area contributed by atoms with Crippen LogP contribution in [-0.2, 0) is 11.3 Å². The van der Waals surface area contributed by atoms with E-state index in [9.17, 15) is 9.59 Å². The Balaban J connectivity index is 1.92. The van der Waals surface area contributed by atoms with Gasteiger partial charge in [-0.05, 0) is 37.0 Å². The average Bonchev–Trinajstić information content (AvgIpc) is 3.16. The molecule has 4 rings (SSSR count). The molecule has 5 nitrogen and oxygen atoms in total. The van der Waals surface area contributed by atoms with Crippen molar-refractivity contribution in [2.24, 2.45) is 5.73 Å². The zero-order chi connectivity index (χ0) is 21.3. The second-order valence-electron chi connectivity index (χ2n) is 7.46. The summed E-state index contributed by atoms with van der Waals surface area (Å²) >= 11 is 1.48. The number of rotatable bonds is 6. The maximum Gasteiger partial charge on any atom is 0.263 e. The monoisotopic (exact) mass is 417 g/mol. The maximum atomic E-state index is 13.6. The lowest BCUT2D eigenvalue weighted by Gasteiger charge is -2.13. The lowest BCUT2D eigenvalue weighted by molar-refractivity contribution is -0.118. The number of amides is 1. The van der Waals surface area contributed by atoms with Gasteiger partial charge in [0.1, 0.15) is 10.7 Å². The van der Waals surface area contributed by atoms with Crippen LogP contribution in [0, 0.1) is 13.8 Å². The molecule has 0 unspecified atom stereocenters. The zero-order valence-corrected chi connectivity index (χ0v) is 17.8. The molecule has 4 aromatic rings. The van der Waals surface area contributed by atoms with E-state index in [-0.39, 0.29) is 17.9 Å². The number of thiophene rings is 1. The number of carbonyl (C=O) groups is 1. The third-order valence-corrected chi connectivity index (χ3v) is 6.22. The van der Waals surface area contributed by atoms with Gasteiger partial charge in [-0.25, -0.2) is 4.98 Å². The first-order valence-electron chi connectivity index (χ1n) is 9.89. The Morgan fingerprint density at radius 3 is 2.53 bits per heavy atom. The number of aromatic nitrogens is 2. The molecule has 0 fully saturated rings. The molecule has 2 aromatic heterocycles. The largest absolute Gasteiger partial charge is 0.370 e. The van der Waals surface area contributed by atoms with Crippen LogP contribution in [0.5, 0.6) is 0 Å². The van der Waals surface area contributed by atoms with Gasteiger partial charge < -0.3 is 5.73 Å². The molecular formula is C24H23N3O2S. The highest BCUT2D eigenvalue weighted by Gasteiger charge is 2.18. The molecule has 0 saturated heterocycles. The van der Waals surface area contributed by atoms with E-state index < -0.39 is 0 Å². The van der Waals surface area contributed by atoms with Crippen molar-refractivity contribution in [3.63, 3.8) is 0 Å². The minimum absolute atomic E-state index is 0.0854. The fraction of sp³-hybridized carbons (Fsp3) is 0.208. The third kappa shape index (κ3) is 3.78. The van der Waals surface area contributed by atoms with Gasteiger partial charge in [0.05, 0.1) is 5.39 Å². The van der Waals surface area contributed by atoms with Crippen LogP contribution in [0.25, 0.3) is 32.7 Å². The number of hydrogen-bond donors (Lipinski definition) is 1. The SMILES string of the molecule is Cc1ccc(-c2csc3nc(-c4ccccc4)n(CCCC(N)=O)c(=O)c23)cc1C. The summed E-state index contributed by atoms with van der Waals surface area (Å²) in [5, 5.41) is 2.63. The van der Waals surface area contributed by atoms with Gasteiger partial charge in [-0.3, -0.25) is 14.2 Å². The summed E-state index contributed by atoms with van der Waals surface area (Å²) in [5.74, 6) is 0.246. The van der Waals surface area contributed by atoms with E-state index in [1.54, 1.807) is 4.57 Å². The summed E-state index contributed by atoms with van der Waals surface area (Å²) in [4.78, 5) is 30.4. The summed E-state index contributed by atoms with van der Waals surface area (Å²) in [5.41, 5.74) is 10.4. The highest BCUT2D eigenvalue weighted by atomic mass is 32.1. The number of primary amides is 1. The Kier molecular flexibility index (Phi) is 5.50. The van der Waals surface area contributed by atoms with Crippen LogP contribution in [0.1, 0.15) is 24.0 Å². The van der Waals surface area contributed by atoms with Crippen molar-refractivity contribution in [2.45, 2.75) is 33.2 Å². The Hall–Kier alpha value is -3.25. The molecule has 2 aromatic carbocycles. The molecule has 0 aliphatic carbocycles. The molecule has 152 valence electrons. The van der Waals surface area contributed by atoms with Crippen molar-refractivity contribution in [3.8, 4) is 22.5 Å². The van der Waals surface area contributed by atoms with Gasteiger partial charge >= 0.3 is 0 Å². The van der Waals surface area contributed by atoms with Crippen molar-refractivity contribution in [1.82, 2.24) is 9.55 Å². The van der Waals surface area contributed by atoms with Crippen LogP contribution in [0.15, 0.2) is 58.7 Å². The lowest BCUT2D eigenvalue weighted by atomic mass is 10.0. The number of aryl methyl sites for hydroxylation is 2. The van der Waals surface area contributed by atoms with Gasteiger partial charge in [0.25, 0.3) is 5.56 Å². The molecular weight excluding hydrogens is 394 g/mol. The van der Waals surface area contributed by atoms with Crippen molar-refractivity contribution in [1.29, 1.82) is 0 Å². The Labute approximate surface area is 178 Å². The summed E-state index contributed by atoms with van der Waals surface area (Å²) in [6, 6.07) is 15.9. The fourth-order valence-electron chi connectivity index (χ4n) is 3.57. The fourth-order valence-corrected chi connectivity index (χ4v) is 4.51. The van der Waals surface area contributed by atoms with Gasteiger partial charge in [0.15, 0.2) is 0 Å². The molecule has 1 amide bonds. The van der Waals surface area contributed by atoms with Crippen molar-refractivity contribution < 1.29 is 4.79 Å². The molecule has 2 N–H and O–H groups in total. The predicted octanol–water partition coefficient (Wildman–Crippen LogP) is 4.67. The first-order chi connectivity index (χ1) is 14.5. The molecule has 0 radical (unpaired) electrons. The number of fused-ring (bicyclic) bond motifs is 1. The second-order valence-corrected chi connectivity index (χ2v) is 8.31. The third-order valence-electron chi connectivity index (χ3n) is 5.35. The van der Waals surface area contributed by atoms with E-state index in [4.69, 9.17) is 10.7 Å². The lowest BCUT2D eigenvalue weighted by Crippen LogP contribution is -2.24. The van der Waals surface area contributed by atoms with E-state index in [1.807, 2.05) is 41.8 Å². The minimum atomic E-state index is -0.371. The number of hydrogen-bond acceptors (Lipinski definition) is 4. The molecule has 0 aliphatic heterocycles. The summed E-state index contributed by atoms with van der Waals surface area (Å²) in [6.07, 6.45) is 0.720. The number of nitrogens with zero attached hydrogens (tertiary/aromatic N) is 2. The van der Waals surface area contributed by atoms with Crippen LogP contribution in [0.2, 0.25) is 0 Å². The number of nitrogens with two attached hydrogens (primary N) is 1. The predicted molar refractivity (Wildman–Crippen MR) is 123 cm³/mol. The second kappa shape index (κ2) is 8.24. The Morgan fingerprint density at radius 1 is 1.07 bits per heavy atom. The highest BCUT2D eigenvalue weighted by Crippen LogP contribution is 2.33. The van der Waals surface area contributed by atoms with E-state index in [2.05, 4.69) is 26.0 Å². The normalized spacial score (nSPS) is 11.1. The summed E-state index contributed by atoms with van der Waals surface area (Å²) < 4.78 is 1.68. The van der Waals surface area contributed by atoms with Gasteiger partial charge in [-0.1, -0.05) is 48.5 Å². The Bertz CT molecular complexity index is 1290. The van der Waals surface area contributed by atoms with E-state index in [1.165, 1.54) is 22.5 Å². The molecule has 0 atom stereocenters. The van der Waals surface area contributed by atoms with Crippen LogP contribution >= 0.6 is 11.3 Å². The molecule has 2 heterocycles. The molecule has 0 saturated carbocycles. The van der Waals surface area contributed by atoms with Crippen molar-refractivity contribution >= 4 is 27.5 Å². The molecule has 30 heavy (non-hydrogen) atoms. The maximum absolute atomic E-state index is 13.6. The van der Waals surface area contributed by atoms with E-state index in [0.29, 0.717) is 24.2 Å². The van der Waals surface area contributed by atoms with Crippen molar-refractivity contribution in [3.05, 3.63) is 75.4 Å².